The van der Waals surface area contributed by atoms with Crippen molar-refractivity contribution in [3.05, 3.63) is 48.3 Å². The maximum Gasteiger partial charge on any atom is 0.191 e. The van der Waals surface area contributed by atoms with Gasteiger partial charge < -0.3 is 15.4 Å². The molecule has 2 rings (SSSR count). The van der Waals surface area contributed by atoms with Crippen LogP contribution in [0.5, 0.6) is 0 Å². The fourth-order valence-corrected chi connectivity index (χ4v) is 2.08. The summed E-state index contributed by atoms with van der Waals surface area (Å²) in [6, 6.07) is 10.2. The number of benzene rings is 1. The van der Waals surface area contributed by atoms with Gasteiger partial charge in [0, 0.05) is 38.5 Å². The van der Waals surface area contributed by atoms with Crippen molar-refractivity contribution in [2.75, 3.05) is 20.8 Å². The van der Waals surface area contributed by atoms with Gasteiger partial charge in [-0.2, -0.15) is 5.10 Å². The smallest absolute Gasteiger partial charge is 0.191 e. The minimum Gasteiger partial charge on any atom is -0.383 e. The number of nitrogens with zero attached hydrogens (tertiary/aromatic N) is 3. The molecule has 0 spiro atoms. The molecule has 1 aromatic heterocycles. The number of nitrogens with one attached hydrogen (secondary N) is 2. The van der Waals surface area contributed by atoms with Gasteiger partial charge in [0.25, 0.3) is 0 Å². The van der Waals surface area contributed by atoms with Crippen molar-refractivity contribution in [3.8, 4) is 5.69 Å². The van der Waals surface area contributed by atoms with Crippen LogP contribution in [0.3, 0.4) is 0 Å². The average Bonchev–Trinajstić information content (AvgIpc) is 3.01. The Kier molecular flexibility index (Phi) is 5.97. The molecule has 6 nitrogen and oxygen atoms in total. The lowest BCUT2D eigenvalue weighted by atomic mass is 10.3. The third-order valence-electron chi connectivity index (χ3n) is 3.14. The van der Waals surface area contributed by atoms with Crippen LogP contribution < -0.4 is 10.6 Å². The highest BCUT2D eigenvalue weighted by Gasteiger charge is 2.05. The number of methoxy groups -OCH3 is 1. The number of aliphatic imine (C=N–C) groups is 1. The van der Waals surface area contributed by atoms with E-state index in [-0.39, 0.29) is 6.04 Å². The second-order valence-corrected chi connectivity index (χ2v) is 5.06. The molecule has 0 fully saturated rings. The zero-order valence-corrected chi connectivity index (χ0v) is 13.3. The zero-order valence-electron chi connectivity index (χ0n) is 13.3. The molecule has 6 heteroatoms. The molecule has 0 saturated carbocycles. The van der Waals surface area contributed by atoms with Crippen LogP contribution in [-0.4, -0.2) is 42.5 Å². The second kappa shape index (κ2) is 8.19. The number of para-hydroxylation sites is 1. The van der Waals surface area contributed by atoms with Crippen LogP contribution in [0.2, 0.25) is 0 Å². The Morgan fingerprint density at radius 2 is 2.14 bits per heavy atom. The van der Waals surface area contributed by atoms with Crippen LogP contribution in [0.25, 0.3) is 5.69 Å². The van der Waals surface area contributed by atoms with Gasteiger partial charge in [-0.1, -0.05) is 18.2 Å². The van der Waals surface area contributed by atoms with E-state index in [0.29, 0.717) is 13.2 Å². The van der Waals surface area contributed by atoms with Crippen LogP contribution in [-0.2, 0) is 11.3 Å². The van der Waals surface area contributed by atoms with E-state index in [4.69, 9.17) is 4.74 Å². The highest BCUT2D eigenvalue weighted by molar-refractivity contribution is 5.79. The Labute approximate surface area is 131 Å². The quantitative estimate of drug-likeness (QED) is 0.628. The molecule has 0 amide bonds. The monoisotopic (exact) mass is 301 g/mol. The minimum absolute atomic E-state index is 0.197. The number of aromatic nitrogens is 2. The Bertz CT molecular complexity index is 594. The highest BCUT2D eigenvalue weighted by Crippen LogP contribution is 2.07. The first-order chi connectivity index (χ1) is 10.7. The summed E-state index contributed by atoms with van der Waals surface area (Å²) in [4.78, 5) is 4.20. The summed E-state index contributed by atoms with van der Waals surface area (Å²) >= 11 is 0. The third-order valence-corrected chi connectivity index (χ3v) is 3.14. The molecular weight excluding hydrogens is 278 g/mol. The molecule has 22 heavy (non-hydrogen) atoms. The van der Waals surface area contributed by atoms with Gasteiger partial charge in [0.1, 0.15) is 0 Å². The number of hydrogen-bond donors (Lipinski definition) is 2. The lowest BCUT2D eigenvalue weighted by molar-refractivity contribution is 0.179. The number of rotatable bonds is 6. The normalized spacial score (nSPS) is 13.0. The van der Waals surface area contributed by atoms with Crippen LogP contribution in [0.1, 0.15) is 12.5 Å². The summed E-state index contributed by atoms with van der Waals surface area (Å²) in [5.74, 6) is 0.747. The predicted octanol–water partition coefficient (Wildman–Crippen LogP) is 1.57. The van der Waals surface area contributed by atoms with Crippen molar-refractivity contribution in [3.63, 3.8) is 0 Å². The molecule has 1 atom stereocenters. The van der Waals surface area contributed by atoms with E-state index in [1.165, 1.54) is 0 Å². The van der Waals surface area contributed by atoms with Gasteiger partial charge in [0.15, 0.2) is 5.96 Å². The van der Waals surface area contributed by atoms with Crippen molar-refractivity contribution in [1.29, 1.82) is 0 Å². The summed E-state index contributed by atoms with van der Waals surface area (Å²) in [7, 11) is 3.44. The maximum absolute atomic E-state index is 5.11. The van der Waals surface area contributed by atoms with Crippen LogP contribution in [0.15, 0.2) is 47.7 Å². The molecule has 0 bridgehead atoms. The van der Waals surface area contributed by atoms with Gasteiger partial charge in [-0.05, 0) is 19.1 Å². The number of guanidine groups is 1. The number of ether oxygens (including phenoxy) is 1. The largest absolute Gasteiger partial charge is 0.383 e. The van der Waals surface area contributed by atoms with E-state index in [0.717, 1.165) is 17.2 Å². The first-order valence-electron chi connectivity index (χ1n) is 7.28. The average molecular weight is 301 g/mol. The van der Waals surface area contributed by atoms with Gasteiger partial charge in [-0.15, -0.1) is 0 Å². The van der Waals surface area contributed by atoms with Crippen LogP contribution in [0, 0.1) is 0 Å². The molecule has 1 heterocycles. The molecule has 2 N–H and O–H groups in total. The van der Waals surface area contributed by atoms with Gasteiger partial charge in [-0.25, -0.2) is 4.68 Å². The first-order valence-corrected chi connectivity index (χ1v) is 7.28. The minimum atomic E-state index is 0.197. The lowest BCUT2D eigenvalue weighted by Crippen LogP contribution is -2.43. The topological polar surface area (TPSA) is 63.5 Å². The SMILES string of the molecule is CN=C(NCc1cnn(-c2ccccc2)c1)NC(C)COC. The Balaban J connectivity index is 1.90. The van der Waals surface area contributed by atoms with Crippen molar-refractivity contribution in [2.24, 2.45) is 4.99 Å². The van der Waals surface area contributed by atoms with Crippen molar-refractivity contribution < 1.29 is 4.74 Å². The highest BCUT2D eigenvalue weighted by atomic mass is 16.5. The molecule has 118 valence electrons. The lowest BCUT2D eigenvalue weighted by Gasteiger charge is -2.16. The number of hydrogen-bond acceptors (Lipinski definition) is 3. The molecular formula is C16H23N5O. The molecule has 0 radical (unpaired) electrons. The van der Waals surface area contributed by atoms with E-state index in [1.807, 2.05) is 54.3 Å². The fourth-order valence-electron chi connectivity index (χ4n) is 2.08. The third kappa shape index (κ3) is 4.60. The molecule has 2 aromatic rings. The van der Waals surface area contributed by atoms with E-state index in [1.54, 1.807) is 14.2 Å². The molecule has 0 aliphatic carbocycles. The zero-order chi connectivity index (χ0) is 15.8. The van der Waals surface area contributed by atoms with Crippen molar-refractivity contribution in [2.45, 2.75) is 19.5 Å². The van der Waals surface area contributed by atoms with Gasteiger partial charge >= 0.3 is 0 Å². The van der Waals surface area contributed by atoms with Gasteiger partial charge in [0.2, 0.25) is 0 Å². The summed E-state index contributed by atoms with van der Waals surface area (Å²) in [5, 5.41) is 10.9. The first kappa shape index (κ1) is 16.0. The van der Waals surface area contributed by atoms with Gasteiger partial charge in [-0.3, -0.25) is 4.99 Å². The molecule has 1 aromatic carbocycles. The van der Waals surface area contributed by atoms with Crippen molar-refractivity contribution >= 4 is 5.96 Å². The summed E-state index contributed by atoms with van der Waals surface area (Å²) in [6.45, 7) is 3.34. The fraction of sp³-hybridized carbons (Fsp3) is 0.375. The molecule has 0 saturated heterocycles. The van der Waals surface area contributed by atoms with Gasteiger partial charge in [0.05, 0.1) is 18.5 Å². The Hall–Kier alpha value is -2.34. The van der Waals surface area contributed by atoms with E-state index in [9.17, 15) is 0 Å². The van der Waals surface area contributed by atoms with E-state index in [2.05, 4.69) is 20.7 Å². The van der Waals surface area contributed by atoms with Crippen molar-refractivity contribution in [1.82, 2.24) is 20.4 Å². The van der Waals surface area contributed by atoms with Crippen LogP contribution >= 0.6 is 0 Å². The summed E-state index contributed by atoms with van der Waals surface area (Å²) < 4.78 is 6.97. The standard InChI is InChI=1S/C16H23N5O/c1-13(12-22-3)20-16(17-2)18-9-14-10-19-21(11-14)15-7-5-4-6-8-15/h4-8,10-11,13H,9,12H2,1-3H3,(H2,17,18,20). The molecule has 1 unspecified atom stereocenters. The van der Waals surface area contributed by atoms with E-state index < -0.39 is 0 Å². The second-order valence-electron chi connectivity index (χ2n) is 5.06. The van der Waals surface area contributed by atoms with E-state index >= 15 is 0 Å². The maximum atomic E-state index is 5.11. The summed E-state index contributed by atoms with van der Waals surface area (Å²) in [6.07, 6.45) is 3.86. The molecule has 0 aliphatic rings. The predicted molar refractivity (Wildman–Crippen MR) is 88.2 cm³/mol. The summed E-state index contributed by atoms with van der Waals surface area (Å²) in [5.41, 5.74) is 2.14. The molecule has 0 aliphatic heterocycles. The Morgan fingerprint density at radius 3 is 2.82 bits per heavy atom. The Morgan fingerprint density at radius 1 is 1.36 bits per heavy atom. The van der Waals surface area contributed by atoms with Crippen LogP contribution in [0.4, 0.5) is 0 Å².